The van der Waals surface area contributed by atoms with E-state index in [9.17, 15) is 4.79 Å². The van der Waals surface area contributed by atoms with Crippen LogP contribution in [0.5, 0.6) is 0 Å². The molecule has 0 bridgehead atoms. The van der Waals surface area contributed by atoms with Crippen molar-refractivity contribution in [1.29, 1.82) is 0 Å². The smallest absolute Gasteiger partial charge is 0.323 e. The topological polar surface area (TPSA) is 42.2 Å². The Morgan fingerprint density at radius 2 is 2.14 bits per heavy atom. The zero-order valence-electron chi connectivity index (χ0n) is 7.27. The Hall–Kier alpha value is -1.04. The van der Waals surface area contributed by atoms with E-state index in [-0.39, 0.29) is 6.54 Å². The molecule has 0 aliphatic carbocycles. The summed E-state index contributed by atoms with van der Waals surface area (Å²) in [4.78, 5) is 10.6. The second-order valence-electron chi connectivity index (χ2n) is 3.02. The molecule has 3 nitrogen and oxygen atoms in total. The number of para-hydroxylation sites is 1. The van der Waals surface area contributed by atoms with Crippen molar-refractivity contribution in [2.24, 2.45) is 0 Å². The van der Waals surface area contributed by atoms with Crippen LogP contribution in [0.15, 0.2) is 30.5 Å². The van der Waals surface area contributed by atoms with Gasteiger partial charge in [0, 0.05) is 20.7 Å². The Kier molecular flexibility index (Phi) is 2.45. The average Bonchev–Trinajstić information content (AvgIpc) is 2.44. The van der Waals surface area contributed by atoms with Crippen LogP contribution in [0.2, 0.25) is 0 Å². The standard InChI is InChI=1S/C10H8INO2/c11-8-5-12(6-10(13)14)9-4-2-1-3-7(8)9/h1-5H,6H2,(H,13,14). The highest BCUT2D eigenvalue weighted by molar-refractivity contribution is 14.1. The van der Waals surface area contributed by atoms with E-state index in [1.54, 1.807) is 4.57 Å². The number of aromatic nitrogens is 1. The second-order valence-corrected chi connectivity index (χ2v) is 4.18. The zero-order valence-corrected chi connectivity index (χ0v) is 9.43. The van der Waals surface area contributed by atoms with Gasteiger partial charge in [0.05, 0.1) is 0 Å². The Morgan fingerprint density at radius 1 is 1.43 bits per heavy atom. The van der Waals surface area contributed by atoms with Crippen LogP contribution in [0, 0.1) is 3.57 Å². The predicted molar refractivity (Wildman–Crippen MR) is 62.3 cm³/mol. The molecule has 0 atom stereocenters. The van der Waals surface area contributed by atoms with Crippen LogP contribution in [0.4, 0.5) is 0 Å². The fourth-order valence-electron chi connectivity index (χ4n) is 1.48. The van der Waals surface area contributed by atoms with Gasteiger partial charge in [0.15, 0.2) is 0 Å². The summed E-state index contributed by atoms with van der Waals surface area (Å²) in [6, 6.07) is 7.79. The molecule has 1 aromatic heterocycles. The maximum Gasteiger partial charge on any atom is 0.323 e. The summed E-state index contributed by atoms with van der Waals surface area (Å²) >= 11 is 2.21. The van der Waals surface area contributed by atoms with E-state index >= 15 is 0 Å². The number of carbonyl (C=O) groups is 1. The van der Waals surface area contributed by atoms with Crippen molar-refractivity contribution in [3.8, 4) is 0 Å². The molecule has 0 unspecified atom stereocenters. The normalized spacial score (nSPS) is 10.6. The zero-order chi connectivity index (χ0) is 10.1. The highest BCUT2D eigenvalue weighted by Gasteiger charge is 2.07. The van der Waals surface area contributed by atoms with E-state index in [2.05, 4.69) is 22.6 Å². The summed E-state index contributed by atoms with van der Waals surface area (Å²) in [6.07, 6.45) is 1.86. The van der Waals surface area contributed by atoms with Gasteiger partial charge in [-0.15, -0.1) is 0 Å². The third kappa shape index (κ3) is 1.61. The first-order chi connectivity index (χ1) is 6.68. The van der Waals surface area contributed by atoms with Crippen molar-refractivity contribution in [1.82, 2.24) is 4.57 Å². The van der Waals surface area contributed by atoms with Gasteiger partial charge in [-0.1, -0.05) is 18.2 Å². The number of fused-ring (bicyclic) bond motifs is 1. The molecule has 72 valence electrons. The Bertz CT molecular complexity index is 490. The first kappa shape index (κ1) is 9.51. The molecule has 1 heterocycles. The maximum atomic E-state index is 10.6. The maximum absolute atomic E-state index is 10.6. The molecule has 0 fully saturated rings. The van der Waals surface area contributed by atoms with E-state index in [1.165, 1.54) is 0 Å². The number of benzene rings is 1. The Balaban J connectivity index is 2.60. The van der Waals surface area contributed by atoms with Gasteiger partial charge in [-0.2, -0.15) is 0 Å². The average molecular weight is 301 g/mol. The number of rotatable bonds is 2. The van der Waals surface area contributed by atoms with Crippen molar-refractivity contribution in [2.75, 3.05) is 0 Å². The molecular formula is C10H8INO2. The summed E-state index contributed by atoms with van der Waals surface area (Å²) in [5.41, 5.74) is 0.972. The fourth-order valence-corrected chi connectivity index (χ4v) is 2.27. The lowest BCUT2D eigenvalue weighted by atomic mass is 10.2. The van der Waals surface area contributed by atoms with Crippen molar-refractivity contribution in [2.45, 2.75) is 6.54 Å². The van der Waals surface area contributed by atoms with Crippen molar-refractivity contribution >= 4 is 39.5 Å². The summed E-state index contributed by atoms with van der Waals surface area (Å²) in [6.45, 7) is 0.0174. The first-order valence-corrected chi connectivity index (χ1v) is 5.21. The monoisotopic (exact) mass is 301 g/mol. The molecule has 2 aromatic rings. The van der Waals surface area contributed by atoms with Crippen molar-refractivity contribution < 1.29 is 9.90 Å². The molecule has 0 saturated carbocycles. The molecule has 0 radical (unpaired) electrons. The van der Waals surface area contributed by atoms with Gasteiger partial charge < -0.3 is 9.67 Å². The number of hydrogen-bond donors (Lipinski definition) is 1. The number of nitrogens with zero attached hydrogens (tertiary/aromatic N) is 1. The first-order valence-electron chi connectivity index (χ1n) is 4.13. The van der Waals surface area contributed by atoms with E-state index in [0.717, 1.165) is 14.5 Å². The number of carboxylic acids is 1. The van der Waals surface area contributed by atoms with Crippen LogP contribution in [0.1, 0.15) is 0 Å². The van der Waals surface area contributed by atoms with Gasteiger partial charge in [-0.25, -0.2) is 0 Å². The number of carboxylic acid groups (broad SMARTS) is 1. The fraction of sp³-hybridized carbons (Fsp3) is 0.100. The van der Waals surface area contributed by atoms with Gasteiger partial charge >= 0.3 is 5.97 Å². The van der Waals surface area contributed by atoms with E-state index < -0.39 is 5.97 Å². The predicted octanol–water partition coefficient (Wildman–Crippen LogP) is 2.33. The molecule has 0 aliphatic heterocycles. The summed E-state index contributed by atoms with van der Waals surface area (Å²) in [5, 5.41) is 9.82. The summed E-state index contributed by atoms with van der Waals surface area (Å²) in [7, 11) is 0. The molecule has 2 rings (SSSR count). The minimum Gasteiger partial charge on any atom is -0.480 e. The SMILES string of the molecule is O=C(O)Cn1cc(I)c2ccccc21. The van der Waals surface area contributed by atoms with E-state index in [0.29, 0.717) is 0 Å². The third-order valence-corrected chi connectivity index (χ3v) is 2.91. The largest absolute Gasteiger partial charge is 0.480 e. The molecule has 0 amide bonds. The highest BCUT2D eigenvalue weighted by atomic mass is 127. The highest BCUT2D eigenvalue weighted by Crippen LogP contribution is 2.22. The van der Waals surface area contributed by atoms with Crippen molar-refractivity contribution in [3.63, 3.8) is 0 Å². The molecule has 0 spiro atoms. The molecule has 1 aromatic carbocycles. The Labute approximate surface area is 94.5 Å². The van der Waals surface area contributed by atoms with Crippen LogP contribution >= 0.6 is 22.6 Å². The lowest BCUT2D eigenvalue weighted by Crippen LogP contribution is -2.07. The van der Waals surface area contributed by atoms with Crippen LogP contribution < -0.4 is 0 Å². The van der Waals surface area contributed by atoms with Crippen LogP contribution in [-0.2, 0) is 11.3 Å². The minimum absolute atomic E-state index is 0.0174. The minimum atomic E-state index is -0.817. The van der Waals surface area contributed by atoms with Crippen LogP contribution in [0.3, 0.4) is 0 Å². The lowest BCUT2D eigenvalue weighted by Gasteiger charge is -1.99. The molecule has 0 aliphatic rings. The van der Waals surface area contributed by atoms with Crippen molar-refractivity contribution in [3.05, 3.63) is 34.0 Å². The van der Waals surface area contributed by atoms with Gasteiger partial charge in [0.1, 0.15) is 6.54 Å². The number of aliphatic carboxylic acids is 1. The van der Waals surface area contributed by atoms with Gasteiger partial charge in [-0.05, 0) is 28.7 Å². The van der Waals surface area contributed by atoms with Gasteiger partial charge in [0.25, 0.3) is 0 Å². The molecule has 14 heavy (non-hydrogen) atoms. The Morgan fingerprint density at radius 3 is 2.86 bits per heavy atom. The van der Waals surface area contributed by atoms with Gasteiger partial charge in [0.2, 0.25) is 0 Å². The lowest BCUT2D eigenvalue weighted by molar-refractivity contribution is -0.137. The molecule has 4 heteroatoms. The number of halogens is 1. The summed E-state index contributed by atoms with van der Waals surface area (Å²) < 4.78 is 2.83. The van der Waals surface area contributed by atoms with Crippen LogP contribution in [-0.4, -0.2) is 15.6 Å². The van der Waals surface area contributed by atoms with E-state index in [1.807, 2.05) is 30.5 Å². The quantitative estimate of drug-likeness (QED) is 0.865. The van der Waals surface area contributed by atoms with E-state index in [4.69, 9.17) is 5.11 Å². The molecular weight excluding hydrogens is 293 g/mol. The molecule has 0 saturated heterocycles. The van der Waals surface area contributed by atoms with Gasteiger partial charge in [-0.3, -0.25) is 4.79 Å². The van der Waals surface area contributed by atoms with Crippen LogP contribution in [0.25, 0.3) is 10.9 Å². The molecule has 1 N–H and O–H groups in total. The second kappa shape index (κ2) is 3.61. The third-order valence-electron chi connectivity index (χ3n) is 2.05. The summed E-state index contributed by atoms with van der Waals surface area (Å²) in [5.74, 6) is -0.817. The number of hydrogen-bond acceptors (Lipinski definition) is 1.